The number of hydrogen-bond acceptors (Lipinski definition) is 0. The third-order valence-electron chi connectivity index (χ3n) is 0.987. The number of hydrogen-bond donors (Lipinski definition) is 0. The summed E-state index contributed by atoms with van der Waals surface area (Å²) in [7, 11) is 0. The van der Waals surface area contributed by atoms with Crippen LogP contribution in [0.3, 0.4) is 0 Å². The molecule has 0 N–H and O–H groups in total. The van der Waals surface area contributed by atoms with Crippen LogP contribution in [0.15, 0.2) is 0 Å². The highest BCUT2D eigenvalue weighted by Crippen LogP contribution is 1.97. The third-order valence-corrected chi connectivity index (χ3v) is 1.75. The molecule has 0 saturated heterocycles. The van der Waals surface area contributed by atoms with Crippen molar-refractivity contribution in [2.24, 2.45) is 0 Å². The maximum absolute atomic E-state index is 11.5. The van der Waals surface area contributed by atoms with Gasteiger partial charge in [-0.1, -0.05) is 31.5 Å². The summed E-state index contributed by atoms with van der Waals surface area (Å²) < 4.78 is 11.5. The van der Waals surface area contributed by atoms with Crippen molar-refractivity contribution in [1.29, 1.82) is 0 Å². The summed E-state index contributed by atoms with van der Waals surface area (Å²) in [4.78, 5) is 0. The van der Waals surface area contributed by atoms with E-state index in [1.54, 1.807) is 0 Å². The van der Waals surface area contributed by atoms with Gasteiger partial charge in [0, 0.05) is 0 Å². The molecule has 0 spiro atoms. The fourth-order valence-electron chi connectivity index (χ4n) is 0.521. The fraction of sp³-hybridized carbons (Fsp3) is 1.00. The molecule has 0 fully saturated rings. The molecule has 0 heterocycles. The molecule has 0 aromatic carbocycles. The first-order valence-corrected chi connectivity index (χ1v) is 4.51. The van der Waals surface area contributed by atoms with Gasteiger partial charge in [-0.15, -0.1) is 0 Å². The lowest BCUT2D eigenvalue weighted by molar-refractivity contribution is 0.746. The molecule has 0 aliphatic carbocycles. The van der Waals surface area contributed by atoms with Crippen molar-refractivity contribution in [3.63, 3.8) is 0 Å². The molecule has 2 heteroatoms. The lowest BCUT2D eigenvalue weighted by Crippen LogP contribution is -1.77. The maximum Gasteiger partial charge on any atom is 0.494 e. The van der Waals surface area contributed by atoms with Gasteiger partial charge in [0.1, 0.15) is 0 Å². The molecule has 0 aromatic heterocycles. The Hall–Kier alpha value is 0.462. The van der Waals surface area contributed by atoms with E-state index >= 15 is 0 Å². The SMILES string of the molecule is CCCC[CH2][AlH][F]. The molecule has 0 radical (unpaired) electrons. The molecule has 0 nitrogen and oxygen atoms in total. The molecule has 0 aliphatic heterocycles. The molecule has 0 saturated carbocycles. The Morgan fingerprint density at radius 1 is 1.43 bits per heavy atom. The number of rotatable bonds is 4. The van der Waals surface area contributed by atoms with E-state index in [4.69, 9.17) is 0 Å². The number of halogens is 1. The van der Waals surface area contributed by atoms with Gasteiger partial charge in [-0.3, -0.25) is 0 Å². The van der Waals surface area contributed by atoms with Crippen LogP contribution >= 0.6 is 0 Å². The summed E-state index contributed by atoms with van der Waals surface area (Å²) in [6, 6.07) is 0. The van der Waals surface area contributed by atoms with Crippen molar-refractivity contribution in [2.75, 3.05) is 0 Å². The largest absolute Gasteiger partial charge is 0.494 e. The molecule has 0 atom stereocenters. The van der Waals surface area contributed by atoms with Gasteiger partial charge < -0.3 is 3.52 Å². The fourth-order valence-corrected chi connectivity index (χ4v) is 1.06. The second kappa shape index (κ2) is 6.46. The molecular weight excluding hydrogens is 106 g/mol. The molecule has 0 bridgehead atoms. The van der Waals surface area contributed by atoms with E-state index in [1.165, 1.54) is 12.8 Å². The van der Waals surface area contributed by atoms with E-state index in [1.807, 2.05) is 0 Å². The first-order chi connectivity index (χ1) is 3.41. The van der Waals surface area contributed by atoms with Crippen molar-refractivity contribution in [3.05, 3.63) is 0 Å². The van der Waals surface area contributed by atoms with Gasteiger partial charge in [0.15, 0.2) is 0 Å². The van der Waals surface area contributed by atoms with E-state index < -0.39 is 15.7 Å². The van der Waals surface area contributed by atoms with Crippen LogP contribution < -0.4 is 0 Å². The minimum atomic E-state index is -1.11. The summed E-state index contributed by atoms with van der Waals surface area (Å²) in [6.07, 6.45) is 3.56. The predicted octanol–water partition coefficient (Wildman–Crippen LogP) is 1.92. The van der Waals surface area contributed by atoms with E-state index in [0.717, 1.165) is 11.7 Å². The third kappa shape index (κ3) is 6.46. The lowest BCUT2D eigenvalue weighted by Gasteiger charge is -1.87. The smallest absolute Gasteiger partial charge is 0.424 e. The standard InChI is InChI=1S/C5H11.Al.FH.H/c1-3-5-4-2;;;/h1,3-5H2,2H3;;1H;/q;+1;;/p-1. The van der Waals surface area contributed by atoms with E-state index in [2.05, 4.69) is 6.92 Å². The topological polar surface area (TPSA) is 0 Å². The van der Waals surface area contributed by atoms with Crippen LogP contribution in [0.2, 0.25) is 5.28 Å². The summed E-state index contributed by atoms with van der Waals surface area (Å²) in [5.41, 5.74) is 0. The molecule has 0 amide bonds. The zero-order valence-corrected chi connectivity index (χ0v) is 6.33. The van der Waals surface area contributed by atoms with Crippen LogP contribution in [0, 0.1) is 0 Å². The first kappa shape index (κ1) is 7.46. The monoisotopic (exact) mass is 118 g/mol. The van der Waals surface area contributed by atoms with E-state index in [0.29, 0.717) is 0 Å². The Balaban J connectivity index is 2.45. The van der Waals surface area contributed by atoms with Crippen molar-refractivity contribution in [2.45, 2.75) is 31.5 Å². The first-order valence-electron chi connectivity index (χ1n) is 2.97. The molecular formula is C5H12AlF. The Kier molecular flexibility index (Phi) is 6.89. The molecule has 7 heavy (non-hydrogen) atoms. The van der Waals surface area contributed by atoms with Crippen molar-refractivity contribution < 1.29 is 3.52 Å². The zero-order valence-electron chi connectivity index (χ0n) is 4.91. The molecule has 0 rings (SSSR count). The van der Waals surface area contributed by atoms with Crippen LogP contribution in [0.5, 0.6) is 0 Å². The normalized spacial score (nSPS) is 8.86. The average molecular weight is 118 g/mol. The van der Waals surface area contributed by atoms with Gasteiger partial charge in [0.05, 0.1) is 0 Å². The second-order valence-electron chi connectivity index (χ2n) is 1.75. The highest BCUT2D eigenvalue weighted by Gasteiger charge is 1.88. The van der Waals surface area contributed by atoms with Gasteiger partial charge in [-0.05, 0) is 0 Å². The molecule has 42 valence electrons. The van der Waals surface area contributed by atoms with Crippen molar-refractivity contribution in [3.8, 4) is 0 Å². The zero-order chi connectivity index (χ0) is 5.54. The Morgan fingerprint density at radius 2 is 2.14 bits per heavy atom. The van der Waals surface area contributed by atoms with Crippen LogP contribution in [0.4, 0.5) is 3.52 Å². The van der Waals surface area contributed by atoms with Gasteiger partial charge in [0.25, 0.3) is 0 Å². The Bertz CT molecular complexity index is 27.3. The van der Waals surface area contributed by atoms with Gasteiger partial charge in [-0.25, -0.2) is 0 Å². The maximum atomic E-state index is 11.5. The molecule has 0 unspecified atom stereocenters. The summed E-state index contributed by atoms with van der Waals surface area (Å²) in [5.74, 6) is 0. The minimum absolute atomic E-state index is 0.897. The molecule has 0 aromatic rings. The summed E-state index contributed by atoms with van der Waals surface area (Å²) in [6.45, 7) is 2.14. The molecule has 0 aliphatic rings. The average Bonchev–Trinajstić information content (AvgIpc) is 1.69. The van der Waals surface area contributed by atoms with Gasteiger partial charge in [0.2, 0.25) is 0 Å². The minimum Gasteiger partial charge on any atom is -0.424 e. The van der Waals surface area contributed by atoms with E-state index in [-0.39, 0.29) is 0 Å². The highest BCUT2D eigenvalue weighted by atomic mass is 27.2. The van der Waals surface area contributed by atoms with Crippen molar-refractivity contribution >= 4 is 15.7 Å². The van der Waals surface area contributed by atoms with Crippen LogP contribution in [0.25, 0.3) is 0 Å². The van der Waals surface area contributed by atoms with Crippen LogP contribution in [0.1, 0.15) is 26.2 Å². The van der Waals surface area contributed by atoms with E-state index in [9.17, 15) is 3.52 Å². The predicted molar refractivity (Wildman–Crippen MR) is 32.6 cm³/mol. The summed E-state index contributed by atoms with van der Waals surface area (Å²) in [5, 5.41) is 0.897. The van der Waals surface area contributed by atoms with Gasteiger partial charge in [-0.2, -0.15) is 0 Å². The van der Waals surface area contributed by atoms with Crippen LogP contribution in [-0.2, 0) is 0 Å². The Morgan fingerprint density at radius 3 is 2.57 bits per heavy atom. The van der Waals surface area contributed by atoms with Crippen molar-refractivity contribution in [1.82, 2.24) is 0 Å². The van der Waals surface area contributed by atoms with Crippen LogP contribution in [-0.4, -0.2) is 15.7 Å². The number of unbranched alkanes of at least 4 members (excludes halogenated alkanes) is 2. The lowest BCUT2D eigenvalue weighted by atomic mass is 10.3. The second-order valence-corrected chi connectivity index (χ2v) is 2.83. The Labute approximate surface area is 51.3 Å². The highest BCUT2D eigenvalue weighted by molar-refractivity contribution is 6.25. The van der Waals surface area contributed by atoms with Gasteiger partial charge >= 0.3 is 15.7 Å². The quantitative estimate of drug-likeness (QED) is 0.390. The summed E-state index contributed by atoms with van der Waals surface area (Å²) >= 11 is -1.11.